The zero-order valence-electron chi connectivity index (χ0n) is 19.9. The van der Waals surface area contributed by atoms with Crippen molar-refractivity contribution in [1.29, 1.82) is 0 Å². The second-order valence-corrected chi connectivity index (χ2v) is 7.98. The van der Waals surface area contributed by atoms with Gasteiger partial charge in [-0.3, -0.25) is 19.0 Å². The topological polar surface area (TPSA) is 120 Å². The first kappa shape index (κ1) is 24.8. The maximum Gasteiger partial charge on any atom is 0.419 e. The highest BCUT2D eigenvalue weighted by Gasteiger charge is 2.19. The number of unbranched alkanes of at least 4 members (excludes halogenated alkanes) is 1. The minimum Gasteiger partial charge on any atom is -0.496 e. The zero-order chi connectivity index (χ0) is 25.0. The lowest BCUT2D eigenvalue weighted by Gasteiger charge is -2.16. The summed E-state index contributed by atoms with van der Waals surface area (Å²) >= 11 is 0. The van der Waals surface area contributed by atoms with Gasteiger partial charge in [-0.1, -0.05) is 6.08 Å². The number of aliphatic carboxylic acids is 1. The number of aromatic nitrogens is 1. The quantitative estimate of drug-likeness (QED) is 0.363. The summed E-state index contributed by atoms with van der Waals surface area (Å²) in [6, 6.07) is 7.37. The van der Waals surface area contributed by atoms with E-state index in [0.29, 0.717) is 35.3 Å². The van der Waals surface area contributed by atoms with Crippen LogP contribution in [0.2, 0.25) is 0 Å². The Labute approximate surface area is 196 Å². The fourth-order valence-electron chi connectivity index (χ4n) is 3.97. The average Bonchev–Trinajstić information content (AvgIpc) is 3.07. The number of amides is 1. The predicted molar refractivity (Wildman–Crippen MR) is 127 cm³/mol. The Kier molecular flexibility index (Phi) is 7.57. The highest BCUT2D eigenvalue weighted by Crippen LogP contribution is 2.34. The van der Waals surface area contributed by atoms with Gasteiger partial charge in [-0.15, -0.1) is 0 Å². The maximum absolute atomic E-state index is 12.6. The van der Waals surface area contributed by atoms with Gasteiger partial charge in [0.05, 0.1) is 25.3 Å². The molecule has 180 valence electrons. The van der Waals surface area contributed by atoms with Crippen molar-refractivity contribution in [3.8, 4) is 5.75 Å². The molecule has 3 rings (SSSR count). The molecule has 0 atom stereocenters. The van der Waals surface area contributed by atoms with Gasteiger partial charge in [-0.25, -0.2) is 10.3 Å². The van der Waals surface area contributed by atoms with Gasteiger partial charge in [0.1, 0.15) is 5.75 Å². The Morgan fingerprint density at radius 1 is 1.12 bits per heavy atom. The van der Waals surface area contributed by atoms with Crippen molar-refractivity contribution < 1.29 is 28.7 Å². The number of carboxylic acid groups (broad SMARTS) is 1. The molecule has 0 unspecified atom stereocenters. The fraction of sp³-hybridized carbons (Fsp3) is 0.320. The van der Waals surface area contributed by atoms with Crippen LogP contribution in [0.4, 0.5) is 0 Å². The largest absolute Gasteiger partial charge is 0.496 e. The van der Waals surface area contributed by atoms with Crippen LogP contribution in [0.15, 0.2) is 39.6 Å². The van der Waals surface area contributed by atoms with Gasteiger partial charge >= 0.3 is 11.7 Å². The second-order valence-electron chi connectivity index (χ2n) is 7.98. The molecule has 3 aromatic rings. The van der Waals surface area contributed by atoms with Crippen LogP contribution in [0.1, 0.15) is 51.9 Å². The van der Waals surface area contributed by atoms with Crippen LogP contribution in [-0.2, 0) is 16.7 Å². The fourth-order valence-corrected chi connectivity index (χ4v) is 3.97. The molecular formula is C25H28N2O7. The number of hydroxylamine groups is 1. The number of carbonyl (C=O) groups is 2. The number of hydrogen-bond acceptors (Lipinski definition) is 6. The van der Waals surface area contributed by atoms with Crippen molar-refractivity contribution in [2.24, 2.45) is 7.05 Å². The predicted octanol–water partition coefficient (Wildman–Crippen LogP) is 3.73. The van der Waals surface area contributed by atoms with E-state index >= 15 is 0 Å². The van der Waals surface area contributed by atoms with Gasteiger partial charge in [0, 0.05) is 13.5 Å². The van der Waals surface area contributed by atoms with Gasteiger partial charge in [-0.05, 0) is 78.8 Å². The molecule has 0 spiro atoms. The molecule has 0 saturated heterocycles. The number of oxazole rings is 1. The normalized spacial score (nSPS) is 11.6. The first-order valence-corrected chi connectivity index (χ1v) is 10.7. The third-order valence-electron chi connectivity index (χ3n) is 5.56. The number of nitrogens with zero attached hydrogens (tertiary/aromatic N) is 1. The summed E-state index contributed by atoms with van der Waals surface area (Å²) in [6.45, 7) is 3.69. The number of rotatable bonds is 9. The van der Waals surface area contributed by atoms with E-state index in [2.05, 4.69) is 5.48 Å². The standard InChI is InChI=1S/C25H28N2O7/c1-14-10-16(12-19(22(14)32-4)24(30)26-33-5)18(8-6-7-9-21(28)29)17-11-15(2)23-20(13-17)27(3)25(31)34-23/h8,10-13H,6-7,9H2,1-5H3,(H,26,30)(H,28,29). The molecule has 9 heteroatoms. The van der Waals surface area contributed by atoms with Gasteiger partial charge in [0.2, 0.25) is 0 Å². The Morgan fingerprint density at radius 3 is 2.44 bits per heavy atom. The summed E-state index contributed by atoms with van der Waals surface area (Å²) in [4.78, 5) is 40.5. The number of aryl methyl sites for hydroxylation is 3. The van der Waals surface area contributed by atoms with Crippen LogP contribution >= 0.6 is 0 Å². The van der Waals surface area contributed by atoms with E-state index in [-0.39, 0.29) is 6.42 Å². The summed E-state index contributed by atoms with van der Waals surface area (Å²) < 4.78 is 12.2. The van der Waals surface area contributed by atoms with Gasteiger partial charge in [-0.2, -0.15) is 0 Å². The van der Waals surface area contributed by atoms with Crippen LogP contribution in [0.3, 0.4) is 0 Å². The molecular weight excluding hydrogens is 440 g/mol. The number of hydrogen-bond donors (Lipinski definition) is 2. The summed E-state index contributed by atoms with van der Waals surface area (Å²) in [5.74, 6) is -1.36. The number of carboxylic acids is 1. The molecule has 1 aromatic heterocycles. The van der Waals surface area contributed by atoms with E-state index in [1.807, 2.05) is 38.1 Å². The molecule has 2 aromatic carbocycles. The van der Waals surface area contributed by atoms with Crippen LogP contribution in [0.5, 0.6) is 5.75 Å². The number of carbonyl (C=O) groups excluding carboxylic acids is 1. The van der Waals surface area contributed by atoms with Crippen LogP contribution in [0.25, 0.3) is 16.7 Å². The van der Waals surface area contributed by atoms with Gasteiger partial charge in [0.15, 0.2) is 5.58 Å². The van der Waals surface area contributed by atoms with E-state index < -0.39 is 17.6 Å². The SMILES string of the molecule is CONC(=O)c1cc(C(=CCCCC(=O)O)c2cc(C)c3oc(=O)n(C)c3c2)cc(C)c1OC. The van der Waals surface area contributed by atoms with Crippen molar-refractivity contribution in [2.45, 2.75) is 33.1 Å². The minimum atomic E-state index is -0.862. The number of methoxy groups -OCH3 is 1. The lowest BCUT2D eigenvalue weighted by atomic mass is 9.91. The van der Waals surface area contributed by atoms with E-state index in [0.717, 1.165) is 27.8 Å². The summed E-state index contributed by atoms with van der Waals surface area (Å²) in [5, 5.41) is 9.01. The molecule has 0 bridgehead atoms. The highest BCUT2D eigenvalue weighted by molar-refractivity contribution is 5.98. The van der Waals surface area contributed by atoms with Crippen molar-refractivity contribution in [2.75, 3.05) is 14.2 Å². The highest BCUT2D eigenvalue weighted by atomic mass is 16.6. The number of fused-ring (bicyclic) bond motifs is 1. The molecule has 0 aliphatic carbocycles. The Balaban J connectivity index is 2.21. The molecule has 0 fully saturated rings. The van der Waals surface area contributed by atoms with Crippen molar-refractivity contribution in [3.05, 3.63) is 68.7 Å². The molecule has 2 N–H and O–H groups in total. The van der Waals surface area contributed by atoms with Crippen molar-refractivity contribution in [1.82, 2.24) is 10.0 Å². The van der Waals surface area contributed by atoms with Crippen LogP contribution in [0, 0.1) is 13.8 Å². The first-order valence-electron chi connectivity index (χ1n) is 10.7. The van der Waals surface area contributed by atoms with Crippen LogP contribution in [-0.4, -0.2) is 35.8 Å². The Hall–Kier alpha value is -3.85. The smallest absolute Gasteiger partial charge is 0.419 e. The van der Waals surface area contributed by atoms with E-state index in [4.69, 9.17) is 19.1 Å². The molecule has 0 saturated carbocycles. The molecule has 1 heterocycles. The third kappa shape index (κ3) is 5.04. The summed E-state index contributed by atoms with van der Waals surface area (Å²) in [5.41, 5.74) is 7.62. The molecule has 1 amide bonds. The zero-order valence-corrected chi connectivity index (χ0v) is 19.9. The second kappa shape index (κ2) is 10.4. The molecule has 0 radical (unpaired) electrons. The molecule has 0 aliphatic heterocycles. The van der Waals surface area contributed by atoms with E-state index in [1.165, 1.54) is 18.8 Å². The van der Waals surface area contributed by atoms with Crippen LogP contribution < -0.4 is 16.0 Å². The van der Waals surface area contributed by atoms with Gasteiger partial charge in [0.25, 0.3) is 5.91 Å². The average molecular weight is 469 g/mol. The summed E-state index contributed by atoms with van der Waals surface area (Å²) in [7, 11) is 4.48. The number of benzene rings is 2. The van der Waals surface area contributed by atoms with E-state index in [1.54, 1.807) is 13.1 Å². The monoisotopic (exact) mass is 468 g/mol. The van der Waals surface area contributed by atoms with Crippen molar-refractivity contribution >= 4 is 28.5 Å². The lowest BCUT2D eigenvalue weighted by molar-refractivity contribution is -0.137. The molecule has 9 nitrogen and oxygen atoms in total. The summed E-state index contributed by atoms with van der Waals surface area (Å²) in [6.07, 6.45) is 2.95. The molecule has 34 heavy (non-hydrogen) atoms. The number of ether oxygens (including phenoxy) is 1. The van der Waals surface area contributed by atoms with Gasteiger partial charge < -0.3 is 14.3 Å². The number of nitrogens with one attached hydrogen (secondary N) is 1. The Bertz CT molecular complexity index is 1330. The number of allylic oxidation sites excluding steroid dienone is 1. The third-order valence-corrected chi connectivity index (χ3v) is 5.56. The van der Waals surface area contributed by atoms with E-state index in [9.17, 15) is 14.4 Å². The Morgan fingerprint density at radius 2 is 1.79 bits per heavy atom. The maximum atomic E-state index is 12.6. The van der Waals surface area contributed by atoms with Crippen molar-refractivity contribution in [3.63, 3.8) is 0 Å². The molecule has 0 aliphatic rings. The first-order chi connectivity index (χ1) is 16.2. The lowest BCUT2D eigenvalue weighted by Crippen LogP contribution is -2.23. The minimum absolute atomic E-state index is 0.0429.